The fraction of sp³-hybridized carbons (Fsp3) is 0.250. The molecule has 2 rings (SSSR count). The number of nitrogens with zero attached hydrogens (tertiary/aromatic N) is 1. The van der Waals surface area contributed by atoms with Gasteiger partial charge in [0.25, 0.3) is 0 Å². The number of hydrogen-bond donors (Lipinski definition) is 2. The minimum atomic E-state index is 0.218. The van der Waals surface area contributed by atoms with Crippen LogP contribution in [0.4, 0.5) is 5.69 Å². The monoisotopic (exact) mass is 279 g/mol. The SMILES string of the molecule is Cc1ccc(Br)cc1NC(C)c1ccn[nH]1. The van der Waals surface area contributed by atoms with Crippen LogP contribution in [0, 0.1) is 6.92 Å². The van der Waals surface area contributed by atoms with E-state index in [1.54, 1.807) is 6.20 Å². The van der Waals surface area contributed by atoms with Gasteiger partial charge in [-0.05, 0) is 37.6 Å². The van der Waals surface area contributed by atoms with E-state index >= 15 is 0 Å². The summed E-state index contributed by atoms with van der Waals surface area (Å²) in [5, 5.41) is 10.4. The van der Waals surface area contributed by atoms with Crippen molar-refractivity contribution in [1.82, 2.24) is 10.2 Å². The van der Waals surface area contributed by atoms with E-state index < -0.39 is 0 Å². The van der Waals surface area contributed by atoms with Gasteiger partial charge in [0.2, 0.25) is 0 Å². The summed E-state index contributed by atoms with van der Waals surface area (Å²) in [5.74, 6) is 0. The lowest BCUT2D eigenvalue weighted by molar-refractivity contribution is 0.824. The highest BCUT2D eigenvalue weighted by atomic mass is 79.9. The third kappa shape index (κ3) is 2.44. The van der Waals surface area contributed by atoms with Gasteiger partial charge in [-0.1, -0.05) is 22.0 Å². The summed E-state index contributed by atoms with van der Waals surface area (Å²) in [6, 6.07) is 8.41. The van der Waals surface area contributed by atoms with Gasteiger partial charge in [0.05, 0.1) is 11.7 Å². The molecule has 2 aromatic rings. The normalized spacial score (nSPS) is 12.4. The molecule has 1 unspecified atom stereocenters. The number of H-pyrrole nitrogens is 1. The Kier molecular flexibility index (Phi) is 3.29. The van der Waals surface area contributed by atoms with Crippen molar-refractivity contribution in [3.8, 4) is 0 Å². The van der Waals surface area contributed by atoms with Crippen molar-refractivity contribution in [1.29, 1.82) is 0 Å². The summed E-state index contributed by atoms with van der Waals surface area (Å²) in [6.07, 6.45) is 1.77. The van der Waals surface area contributed by atoms with Crippen LogP contribution in [0.5, 0.6) is 0 Å². The lowest BCUT2D eigenvalue weighted by atomic mass is 10.1. The van der Waals surface area contributed by atoms with E-state index in [2.05, 4.69) is 57.4 Å². The molecule has 1 heterocycles. The van der Waals surface area contributed by atoms with Crippen LogP contribution in [0.1, 0.15) is 24.2 Å². The summed E-state index contributed by atoms with van der Waals surface area (Å²) in [6.45, 7) is 4.20. The number of hydrogen-bond acceptors (Lipinski definition) is 2. The van der Waals surface area contributed by atoms with Gasteiger partial charge in [0, 0.05) is 16.4 Å². The highest BCUT2D eigenvalue weighted by Crippen LogP contribution is 2.24. The van der Waals surface area contributed by atoms with Crippen LogP contribution in [0.15, 0.2) is 34.9 Å². The Hall–Kier alpha value is -1.29. The van der Waals surface area contributed by atoms with Crippen molar-refractivity contribution in [2.75, 3.05) is 5.32 Å². The van der Waals surface area contributed by atoms with Crippen molar-refractivity contribution >= 4 is 21.6 Å². The predicted molar refractivity (Wildman–Crippen MR) is 69.5 cm³/mol. The van der Waals surface area contributed by atoms with E-state index in [9.17, 15) is 0 Å². The van der Waals surface area contributed by atoms with Crippen molar-refractivity contribution in [2.24, 2.45) is 0 Å². The zero-order valence-corrected chi connectivity index (χ0v) is 10.9. The molecule has 1 aromatic heterocycles. The molecule has 1 atom stereocenters. The molecular weight excluding hydrogens is 266 g/mol. The first-order chi connectivity index (χ1) is 7.66. The number of aryl methyl sites for hydroxylation is 1. The summed E-state index contributed by atoms with van der Waals surface area (Å²) < 4.78 is 1.08. The van der Waals surface area contributed by atoms with Crippen molar-refractivity contribution < 1.29 is 0 Å². The quantitative estimate of drug-likeness (QED) is 0.900. The topological polar surface area (TPSA) is 40.7 Å². The molecule has 0 spiro atoms. The Balaban J connectivity index is 2.17. The Bertz CT molecular complexity index is 465. The Morgan fingerprint density at radius 2 is 2.19 bits per heavy atom. The molecule has 0 aliphatic rings. The molecule has 0 amide bonds. The van der Waals surface area contributed by atoms with E-state index in [0.29, 0.717) is 0 Å². The van der Waals surface area contributed by atoms with E-state index in [4.69, 9.17) is 0 Å². The molecule has 0 fully saturated rings. The molecule has 84 valence electrons. The summed E-state index contributed by atoms with van der Waals surface area (Å²) in [4.78, 5) is 0. The number of halogens is 1. The first-order valence-electron chi connectivity index (χ1n) is 5.19. The smallest absolute Gasteiger partial charge is 0.0651 e. The Morgan fingerprint density at radius 1 is 1.38 bits per heavy atom. The molecule has 0 radical (unpaired) electrons. The number of nitrogens with one attached hydrogen (secondary N) is 2. The van der Waals surface area contributed by atoms with Crippen LogP contribution in [-0.4, -0.2) is 10.2 Å². The minimum Gasteiger partial charge on any atom is -0.377 e. The molecule has 0 aliphatic heterocycles. The average molecular weight is 280 g/mol. The highest BCUT2D eigenvalue weighted by Gasteiger charge is 2.07. The molecular formula is C12H14BrN3. The fourth-order valence-corrected chi connectivity index (χ4v) is 1.93. The van der Waals surface area contributed by atoms with E-state index in [1.807, 2.05) is 12.1 Å². The first-order valence-corrected chi connectivity index (χ1v) is 5.98. The molecule has 4 heteroatoms. The largest absolute Gasteiger partial charge is 0.377 e. The van der Waals surface area contributed by atoms with Crippen molar-refractivity contribution in [3.63, 3.8) is 0 Å². The zero-order chi connectivity index (χ0) is 11.5. The molecule has 0 bridgehead atoms. The van der Waals surface area contributed by atoms with Gasteiger partial charge in [-0.15, -0.1) is 0 Å². The highest BCUT2D eigenvalue weighted by molar-refractivity contribution is 9.10. The molecule has 1 aromatic carbocycles. The van der Waals surface area contributed by atoms with Gasteiger partial charge in [0.15, 0.2) is 0 Å². The molecule has 0 saturated carbocycles. The summed E-state index contributed by atoms with van der Waals surface area (Å²) in [7, 11) is 0. The lowest BCUT2D eigenvalue weighted by Crippen LogP contribution is -2.08. The van der Waals surface area contributed by atoms with Crippen LogP contribution in [-0.2, 0) is 0 Å². The van der Waals surface area contributed by atoms with E-state index in [0.717, 1.165) is 15.9 Å². The van der Waals surface area contributed by atoms with Crippen LogP contribution >= 0.6 is 15.9 Å². The summed E-state index contributed by atoms with van der Waals surface area (Å²) in [5.41, 5.74) is 3.45. The number of aromatic nitrogens is 2. The molecule has 3 nitrogen and oxygen atoms in total. The van der Waals surface area contributed by atoms with E-state index in [1.165, 1.54) is 5.56 Å². The molecule has 0 aliphatic carbocycles. The Labute approximate surface area is 103 Å². The first kappa shape index (κ1) is 11.2. The zero-order valence-electron chi connectivity index (χ0n) is 9.29. The molecule has 16 heavy (non-hydrogen) atoms. The number of aromatic amines is 1. The van der Waals surface area contributed by atoms with Crippen LogP contribution < -0.4 is 5.32 Å². The minimum absolute atomic E-state index is 0.218. The van der Waals surface area contributed by atoms with Crippen LogP contribution in [0.25, 0.3) is 0 Å². The van der Waals surface area contributed by atoms with Crippen LogP contribution in [0.2, 0.25) is 0 Å². The maximum absolute atomic E-state index is 3.95. The van der Waals surface area contributed by atoms with Gasteiger partial charge < -0.3 is 5.32 Å². The van der Waals surface area contributed by atoms with Gasteiger partial charge >= 0.3 is 0 Å². The fourth-order valence-electron chi connectivity index (χ4n) is 1.57. The Morgan fingerprint density at radius 3 is 2.88 bits per heavy atom. The van der Waals surface area contributed by atoms with Crippen molar-refractivity contribution in [2.45, 2.75) is 19.9 Å². The van der Waals surface area contributed by atoms with Gasteiger partial charge in [-0.25, -0.2) is 0 Å². The molecule has 0 saturated heterocycles. The maximum Gasteiger partial charge on any atom is 0.0651 e. The van der Waals surface area contributed by atoms with Crippen molar-refractivity contribution in [3.05, 3.63) is 46.2 Å². The van der Waals surface area contributed by atoms with Gasteiger partial charge in [-0.2, -0.15) is 5.10 Å². The van der Waals surface area contributed by atoms with E-state index in [-0.39, 0.29) is 6.04 Å². The number of benzene rings is 1. The summed E-state index contributed by atoms with van der Waals surface area (Å²) >= 11 is 3.47. The number of rotatable bonds is 3. The van der Waals surface area contributed by atoms with Gasteiger partial charge in [-0.3, -0.25) is 5.10 Å². The average Bonchev–Trinajstić information content (AvgIpc) is 2.76. The van der Waals surface area contributed by atoms with Gasteiger partial charge in [0.1, 0.15) is 0 Å². The van der Waals surface area contributed by atoms with Crippen LogP contribution in [0.3, 0.4) is 0 Å². The second-order valence-electron chi connectivity index (χ2n) is 3.84. The predicted octanol–water partition coefficient (Wildman–Crippen LogP) is 3.65. The second kappa shape index (κ2) is 4.70. The third-order valence-electron chi connectivity index (χ3n) is 2.56. The third-order valence-corrected chi connectivity index (χ3v) is 3.05. The lowest BCUT2D eigenvalue weighted by Gasteiger charge is -2.15. The molecule has 2 N–H and O–H groups in total. The number of anilines is 1. The second-order valence-corrected chi connectivity index (χ2v) is 4.75. The standard InChI is InChI=1S/C12H14BrN3/c1-8-3-4-10(13)7-12(8)15-9(2)11-5-6-14-16-11/h3-7,9,15H,1-2H3,(H,14,16). The maximum atomic E-state index is 3.95.